The van der Waals surface area contributed by atoms with E-state index in [1.54, 1.807) is 26.2 Å². The number of aryl methyl sites for hydroxylation is 1. The summed E-state index contributed by atoms with van der Waals surface area (Å²) in [6.45, 7) is 1.86. The van der Waals surface area contributed by atoms with Crippen molar-refractivity contribution < 1.29 is 22.3 Å². The number of hydrogen-bond acceptors (Lipinski definition) is 5. The third-order valence-electron chi connectivity index (χ3n) is 4.18. The SMILES string of the molecule is COc1ccc(S(=O)(=O)NCC(OC)c2cc3ccccc3o2)cc1C. The average molecular weight is 375 g/mol. The standard InChI is InChI=1S/C19H21NO5S/c1-13-10-15(8-9-16(13)23-2)26(21,22)20-12-19(24-3)18-11-14-6-4-5-7-17(14)25-18/h4-11,19-20H,12H2,1-3H3. The second-order valence-electron chi connectivity index (χ2n) is 5.89. The summed E-state index contributed by atoms with van der Waals surface area (Å²) in [7, 11) is -0.614. The molecule has 0 aliphatic rings. The van der Waals surface area contributed by atoms with Crippen LogP contribution < -0.4 is 9.46 Å². The van der Waals surface area contributed by atoms with Crippen molar-refractivity contribution in [2.24, 2.45) is 0 Å². The van der Waals surface area contributed by atoms with E-state index in [-0.39, 0.29) is 11.4 Å². The number of fused-ring (bicyclic) bond motifs is 1. The summed E-state index contributed by atoms with van der Waals surface area (Å²) in [5.41, 5.74) is 1.48. The number of rotatable bonds is 7. The van der Waals surface area contributed by atoms with Crippen LogP contribution in [-0.2, 0) is 14.8 Å². The normalized spacial score (nSPS) is 13.0. The van der Waals surface area contributed by atoms with Crippen molar-refractivity contribution in [2.75, 3.05) is 20.8 Å². The van der Waals surface area contributed by atoms with Crippen LogP contribution >= 0.6 is 0 Å². The monoisotopic (exact) mass is 375 g/mol. The first kappa shape index (κ1) is 18.4. The lowest BCUT2D eigenvalue weighted by Gasteiger charge is -2.14. The molecule has 0 radical (unpaired) electrons. The molecule has 26 heavy (non-hydrogen) atoms. The van der Waals surface area contributed by atoms with E-state index in [9.17, 15) is 8.42 Å². The van der Waals surface area contributed by atoms with E-state index in [1.165, 1.54) is 13.2 Å². The molecule has 0 amide bonds. The predicted molar refractivity (Wildman–Crippen MR) is 98.9 cm³/mol. The molecule has 0 saturated heterocycles. The van der Waals surface area contributed by atoms with Crippen LogP contribution in [0.3, 0.4) is 0 Å². The Morgan fingerprint density at radius 2 is 1.88 bits per heavy atom. The zero-order valence-electron chi connectivity index (χ0n) is 14.9. The minimum atomic E-state index is -3.68. The number of para-hydroxylation sites is 1. The lowest BCUT2D eigenvalue weighted by atomic mass is 10.2. The molecule has 6 nitrogen and oxygen atoms in total. The highest BCUT2D eigenvalue weighted by atomic mass is 32.2. The highest BCUT2D eigenvalue weighted by Gasteiger charge is 2.21. The van der Waals surface area contributed by atoms with Gasteiger partial charge in [0.05, 0.1) is 12.0 Å². The smallest absolute Gasteiger partial charge is 0.240 e. The van der Waals surface area contributed by atoms with Gasteiger partial charge < -0.3 is 13.9 Å². The number of ether oxygens (including phenoxy) is 2. The zero-order valence-corrected chi connectivity index (χ0v) is 15.7. The van der Waals surface area contributed by atoms with Crippen LogP contribution in [0, 0.1) is 6.92 Å². The molecule has 1 atom stereocenters. The lowest BCUT2D eigenvalue weighted by molar-refractivity contribution is 0.0893. The van der Waals surface area contributed by atoms with Crippen LogP contribution in [0.15, 0.2) is 57.8 Å². The highest BCUT2D eigenvalue weighted by Crippen LogP contribution is 2.26. The molecule has 1 aromatic heterocycles. The van der Waals surface area contributed by atoms with Crippen molar-refractivity contribution in [3.63, 3.8) is 0 Å². The lowest BCUT2D eigenvalue weighted by Crippen LogP contribution is -2.29. The van der Waals surface area contributed by atoms with E-state index in [2.05, 4.69) is 4.72 Å². The Morgan fingerprint density at radius 3 is 2.54 bits per heavy atom. The van der Waals surface area contributed by atoms with Gasteiger partial charge in [-0.3, -0.25) is 0 Å². The first-order valence-corrected chi connectivity index (χ1v) is 9.58. The molecule has 1 unspecified atom stereocenters. The topological polar surface area (TPSA) is 77.8 Å². The van der Waals surface area contributed by atoms with Gasteiger partial charge in [-0.2, -0.15) is 0 Å². The molecule has 1 N–H and O–H groups in total. The Balaban J connectivity index is 1.77. The van der Waals surface area contributed by atoms with Gasteiger partial charge in [-0.15, -0.1) is 0 Å². The van der Waals surface area contributed by atoms with Gasteiger partial charge in [-0.1, -0.05) is 18.2 Å². The number of methoxy groups -OCH3 is 2. The maximum atomic E-state index is 12.6. The van der Waals surface area contributed by atoms with E-state index in [0.29, 0.717) is 11.5 Å². The van der Waals surface area contributed by atoms with Gasteiger partial charge in [-0.05, 0) is 42.8 Å². The molecule has 0 fully saturated rings. The number of sulfonamides is 1. The van der Waals surface area contributed by atoms with E-state index >= 15 is 0 Å². The highest BCUT2D eigenvalue weighted by molar-refractivity contribution is 7.89. The largest absolute Gasteiger partial charge is 0.496 e. The van der Waals surface area contributed by atoms with Crippen LogP contribution in [-0.4, -0.2) is 29.2 Å². The summed E-state index contributed by atoms with van der Waals surface area (Å²) in [4.78, 5) is 0.176. The number of furan rings is 1. The van der Waals surface area contributed by atoms with Gasteiger partial charge in [0.15, 0.2) is 0 Å². The Morgan fingerprint density at radius 1 is 1.12 bits per heavy atom. The Kier molecular flexibility index (Phi) is 5.31. The van der Waals surface area contributed by atoms with Crippen molar-refractivity contribution >= 4 is 21.0 Å². The van der Waals surface area contributed by atoms with Crippen LogP contribution in [0.1, 0.15) is 17.4 Å². The van der Waals surface area contributed by atoms with Gasteiger partial charge in [0.1, 0.15) is 23.2 Å². The number of benzene rings is 2. The quantitative estimate of drug-likeness (QED) is 0.685. The zero-order chi connectivity index (χ0) is 18.7. The van der Waals surface area contributed by atoms with Crippen molar-refractivity contribution in [1.29, 1.82) is 0 Å². The molecular formula is C19H21NO5S. The Bertz CT molecular complexity index is 977. The molecule has 0 aliphatic carbocycles. The van der Waals surface area contributed by atoms with Crippen LogP contribution in [0.4, 0.5) is 0 Å². The molecule has 0 spiro atoms. The molecule has 3 rings (SSSR count). The fourth-order valence-electron chi connectivity index (χ4n) is 2.75. The third-order valence-corrected chi connectivity index (χ3v) is 5.60. The van der Waals surface area contributed by atoms with Gasteiger partial charge in [0.25, 0.3) is 0 Å². The summed E-state index contributed by atoms with van der Waals surface area (Å²) in [5.74, 6) is 1.21. The summed E-state index contributed by atoms with van der Waals surface area (Å²) >= 11 is 0. The van der Waals surface area contributed by atoms with Gasteiger partial charge in [-0.25, -0.2) is 13.1 Å². The van der Waals surface area contributed by atoms with Crippen LogP contribution in [0.2, 0.25) is 0 Å². The maximum Gasteiger partial charge on any atom is 0.240 e. The summed E-state index contributed by atoms with van der Waals surface area (Å²) in [5, 5.41) is 0.943. The molecule has 3 aromatic rings. The second kappa shape index (κ2) is 7.49. The van der Waals surface area contributed by atoms with E-state index in [4.69, 9.17) is 13.9 Å². The predicted octanol–water partition coefficient (Wildman–Crippen LogP) is 3.42. The third kappa shape index (κ3) is 3.75. The Hall–Kier alpha value is -2.35. The molecule has 138 valence electrons. The maximum absolute atomic E-state index is 12.6. The molecule has 0 bridgehead atoms. The van der Waals surface area contributed by atoms with Crippen molar-refractivity contribution in [1.82, 2.24) is 4.72 Å². The molecule has 0 aliphatic heterocycles. The molecule has 1 heterocycles. The van der Waals surface area contributed by atoms with Gasteiger partial charge >= 0.3 is 0 Å². The fraction of sp³-hybridized carbons (Fsp3) is 0.263. The van der Waals surface area contributed by atoms with E-state index < -0.39 is 16.1 Å². The van der Waals surface area contributed by atoms with Crippen LogP contribution in [0.25, 0.3) is 11.0 Å². The summed E-state index contributed by atoms with van der Waals surface area (Å²) < 4.78 is 44.1. The Labute approximate surface area is 152 Å². The number of hydrogen-bond donors (Lipinski definition) is 1. The molecule has 0 saturated carbocycles. The molecular weight excluding hydrogens is 354 g/mol. The van der Waals surface area contributed by atoms with Crippen molar-refractivity contribution in [3.05, 3.63) is 59.9 Å². The van der Waals surface area contributed by atoms with Gasteiger partial charge in [0, 0.05) is 19.0 Å². The van der Waals surface area contributed by atoms with Gasteiger partial charge in [0.2, 0.25) is 10.0 Å². The minimum Gasteiger partial charge on any atom is -0.496 e. The van der Waals surface area contributed by atoms with Crippen LogP contribution in [0.5, 0.6) is 5.75 Å². The molecule has 7 heteroatoms. The molecule has 2 aromatic carbocycles. The first-order valence-electron chi connectivity index (χ1n) is 8.10. The van der Waals surface area contributed by atoms with E-state index in [0.717, 1.165) is 16.5 Å². The van der Waals surface area contributed by atoms with Crippen molar-refractivity contribution in [2.45, 2.75) is 17.9 Å². The van der Waals surface area contributed by atoms with E-state index in [1.807, 2.05) is 30.3 Å². The first-order chi connectivity index (χ1) is 12.4. The van der Waals surface area contributed by atoms with Crippen molar-refractivity contribution in [3.8, 4) is 5.75 Å². The fourth-order valence-corrected chi connectivity index (χ4v) is 3.86. The minimum absolute atomic E-state index is 0.0593. The number of nitrogens with one attached hydrogen (secondary N) is 1. The average Bonchev–Trinajstić information content (AvgIpc) is 3.06. The second-order valence-corrected chi connectivity index (χ2v) is 7.66. The summed E-state index contributed by atoms with van der Waals surface area (Å²) in [6.07, 6.45) is -0.531. The summed E-state index contributed by atoms with van der Waals surface area (Å²) in [6, 6.07) is 14.2.